The van der Waals surface area contributed by atoms with Crippen molar-refractivity contribution in [2.75, 3.05) is 12.0 Å². The third-order valence-electron chi connectivity index (χ3n) is 8.14. The van der Waals surface area contributed by atoms with Gasteiger partial charge in [-0.2, -0.15) is 5.10 Å². The first-order chi connectivity index (χ1) is 20.9. The second kappa shape index (κ2) is 12.0. The Labute approximate surface area is 249 Å². The average molecular weight is 577 g/mol. The van der Waals surface area contributed by atoms with Crippen LogP contribution in [0.2, 0.25) is 0 Å². The first-order valence-corrected chi connectivity index (χ1v) is 14.4. The number of hydrogen-bond acceptors (Lipinski definition) is 6. The molecule has 43 heavy (non-hydrogen) atoms. The zero-order valence-corrected chi connectivity index (χ0v) is 23.8. The molecule has 0 atom stereocenters. The summed E-state index contributed by atoms with van der Waals surface area (Å²) in [5.74, 6) is 1.05. The van der Waals surface area contributed by atoms with Crippen LogP contribution in [0, 0.1) is 16.0 Å². The van der Waals surface area contributed by atoms with Crippen LogP contribution in [0.4, 0.5) is 21.9 Å². The highest BCUT2D eigenvalue weighted by Gasteiger charge is 2.34. The Kier molecular flexibility index (Phi) is 7.79. The van der Waals surface area contributed by atoms with Crippen molar-refractivity contribution in [2.45, 2.75) is 38.6 Å². The van der Waals surface area contributed by atoms with Crippen molar-refractivity contribution in [1.29, 1.82) is 0 Å². The Hall–Kier alpha value is -5.18. The number of nitrogens with zero attached hydrogens (tertiary/aromatic N) is 4. The second-order valence-corrected chi connectivity index (χ2v) is 10.9. The Morgan fingerprint density at radius 1 is 0.930 bits per heavy atom. The van der Waals surface area contributed by atoms with Crippen molar-refractivity contribution in [2.24, 2.45) is 11.0 Å². The summed E-state index contributed by atoms with van der Waals surface area (Å²) < 4.78 is 5.32. The minimum atomic E-state index is -0.455. The highest BCUT2D eigenvalue weighted by atomic mass is 16.6. The van der Waals surface area contributed by atoms with Crippen LogP contribution in [0.3, 0.4) is 0 Å². The van der Waals surface area contributed by atoms with E-state index in [9.17, 15) is 20.0 Å². The van der Waals surface area contributed by atoms with Gasteiger partial charge >= 0.3 is 6.03 Å². The van der Waals surface area contributed by atoms with E-state index in [4.69, 9.17) is 9.84 Å². The predicted octanol–water partition coefficient (Wildman–Crippen LogP) is 8.03. The molecule has 0 bridgehead atoms. The number of carbonyl (C=O) groups excluding carboxylic acids is 1. The highest BCUT2D eigenvalue weighted by Crippen LogP contribution is 2.40. The molecule has 1 fully saturated rings. The van der Waals surface area contributed by atoms with Crippen LogP contribution in [-0.4, -0.2) is 33.9 Å². The van der Waals surface area contributed by atoms with Gasteiger partial charge in [0.05, 0.1) is 35.7 Å². The molecule has 0 aromatic heterocycles. The van der Waals surface area contributed by atoms with E-state index in [-0.39, 0.29) is 29.9 Å². The van der Waals surface area contributed by atoms with Crippen molar-refractivity contribution in [3.63, 3.8) is 0 Å². The monoisotopic (exact) mass is 576 g/mol. The van der Waals surface area contributed by atoms with Crippen LogP contribution in [0.25, 0.3) is 11.1 Å². The van der Waals surface area contributed by atoms with Gasteiger partial charge in [-0.1, -0.05) is 49.6 Å². The maximum Gasteiger partial charge on any atom is 0.349 e. The number of carbonyl (C=O) groups is 1. The van der Waals surface area contributed by atoms with E-state index in [2.05, 4.69) is 0 Å². The van der Waals surface area contributed by atoms with E-state index < -0.39 is 4.92 Å². The fourth-order valence-electron chi connectivity index (χ4n) is 5.90. The fourth-order valence-corrected chi connectivity index (χ4v) is 5.90. The number of ether oxygens (including phenoxy) is 1. The number of amides is 2. The number of phenols is 1. The molecule has 1 N–H and O–H groups in total. The number of methoxy groups -OCH3 is 1. The molecule has 0 unspecified atom stereocenters. The molecule has 218 valence electrons. The lowest BCUT2D eigenvalue weighted by atomic mass is 9.82. The molecule has 2 aliphatic rings. The molecule has 9 heteroatoms. The van der Waals surface area contributed by atoms with Crippen molar-refractivity contribution in [3.05, 3.63) is 112 Å². The average Bonchev–Trinajstić information content (AvgIpc) is 3.15. The van der Waals surface area contributed by atoms with Crippen molar-refractivity contribution < 1.29 is 19.6 Å². The summed E-state index contributed by atoms with van der Waals surface area (Å²) in [6.45, 7) is 0.232. The molecule has 6 rings (SSSR count). The van der Waals surface area contributed by atoms with Crippen molar-refractivity contribution in [3.8, 4) is 22.6 Å². The normalized spacial score (nSPS) is 15.5. The molecule has 1 aliphatic heterocycles. The maximum absolute atomic E-state index is 14.4. The fraction of sp³-hybridized carbons (Fsp3) is 0.235. The Morgan fingerprint density at radius 2 is 1.65 bits per heavy atom. The number of anilines is 2. The smallest absolute Gasteiger partial charge is 0.349 e. The van der Waals surface area contributed by atoms with E-state index in [1.807, 2.05) is 48.5 Å². The lowest BCUT2D eigenvalue weighted by molar-refractivity contribution is -0.384. The summed E-state index contributed by atoms with van der Waals surface area (Å²) in [6, 6.07) is 26.1. The highest BCUT2D eigenvalue weighted by molar-refractivity contribution is 6.14. The molecule has 9 nitrogen and oxygen atoms in total. The number of non-ortho nitro benzene ring substituents is 1. The molecule has 0 saturated heterocycles. The molecule has 1 saturated carbocycles. The van der Waals surface area contributed by atoms with Gasteiger partial charge in [0.2, 0.25) is 0 Å². The standard InChI is InChI=1S/C34H32N4O5/c1-43-30-17-10-23(11-18-30)22-36-34(40)37(27-13-15-28(16-14-27)38(41)42)32-19-12-26(25-8-5-9-29(39)20-25)21-31(32)33(35-36)24-6-3-2-4-7-24/h5,8-21,24,39H,2-4,6-7,22H2,1H3. The number of hydrogen-bond donors (Lipinski definition) is 1. The summed E-state index contributed by atoms with van der Waals surface area (Å²) in [5.41, 5.74) is 5.40. The molecular weight excluding hydrogens is 544 g/mol. The molecule has 4 aromatic rings. The zero-order chi connectivity index (χ0) is 29.9. The van der Waals surface area contributed by atoms with Gasteiger partial charge in [-0.15, -0.1) is 0 Å². The second-order valence-electron chi connectivity index (χ2n) is 10.9. The van der Waals surface area contributed by atoms with Gasteiger partial charge in [-0.3, -0.25) is 15.0 Å². The molecule has 0 spiro atoms. The van der Waals surface area contributed by atoms with Gasteiger partial charge in [-0.05, 0) is 78.1 Å². The van der Waals surface area contributed by atoms with Crippen LogP contribution in [0.5, 0.6) is 11.5 Å². The van der Waals surface area contributed by atoms with Crippen molar-refractivity contribution in [1.82, 2.24) is 5.01 Å². The number of rotatable bonds is 7. The van der Waals surface area contributed by atoms with Crippen LogP contribution in [0.1, 0.15) is 43.2 Å². The van der Waals surface area contributed by atoms with Gasteiger partial charge in [0.1, 0.15) is 11.5 Å². The van der Waals surface area contributed by atoms with Crippen LogP contribution < -0.4 is 9.64 Å². The maximum atomic E-state index is 14.4. The van der Waals surface area contributed by atoms with E-state index >= 15 is 0 Å². The van der Waals surface area contributed by atoms with Gasteiger partial charge < -0.3 is 9.84 Å². The van der Waals surface area contributed by atoms with Crippen LogP contribution in [-0.2, 0) is 6.54 Å². The van der Waals surface area contributed by atoms with Crippen LogP contribution in [0.15, 0.2) is 96.1 Å². The Bertz CT molecular complexity index is 1680. The summed E-state index contributed by atoms with van der Waals surface area (Å²) in [6.07, 6.45) is 5.28. The topological polar surface area (TPSA) is 109 Å². The van der Waals surface area contributed by atoms with E-state index in [1.165, 1.54) is 23.6 Å². The first kappa shape index (κ1) is 28.0. The Balaban J connectivity index is 1.53. The SMILES string of the molecule is COc1ccc(CN2N=C(C3CCCCC3)c3cc(-c4cccc(O)c4)ccc3N(c3ccc([N+](=O)[O-])cc3)C2=O)cc1. The largest absolute Gasteiger partial charge is 0.508 e. The number of benzene rings is 4. The number of nitro groups is 1. The molecule has 1 heterocycles. The lowest BCUT2D eigenvalue weighted by Crippen LogP contribution is -2.36. The summed E-state index contributed by atoms with van der Waals surface area (Å²) in [4.78, 5) is 27.0. The van der Waals surface area contributed by atoms with E-state index in [0.29, 0.717) is 11.4 Å². The summed E-state index contributed by atoms with van der Waals surface area (Å²) >= 11 is 0. The minimum Gasteiger partial charge on any atom is -0.508 e. The number of fused-ring (bicyclic) bond motifs is 1. The molecule has 0 radical (unpaired) electrons. The third-order valence-corrected chi connectivity index (χ3v) is 8.14. The van der Waals surface area contributed by atoms with Crippen molar-refractivity contribution >= 4 is 28.8 Å². The van der Waals surface area contributed by atoms with Gasteiger partial charge in [-0.25, -0.2) is 9.80 Å². The summed E-state index contributed by atoms with van der Waals surface area (Å²) in [5, 5.41) is 28.2. The van der Waals surface area contributed by atoms with Crippen LogP contribution >= 0.6 is 0 Å². The van der Waals surface area contributed by atoms with Gasteiger partial charge in [0, 0.05) is 23.6 Å². The third kappa shape index (κ3) is 5.79. The lowest BCUT2D eigenvalue weighted by Gasteiger charge is -2.27. The molecular formula is C34H32N4O5. The molecule has 4 aromatic carbocycles. The summed E-state index contributed by atoms with van der Waals surface area (Å²) in [7, 11) is 1.61. The number of hydrazone groups is 1. The van der Waals surface area contributed by atoms with Gasteiger partial charge in [0.25, 0.3) is 5.69 Å². The molecule has 2 amide bonds. The number of aromatic hydroxyl groups is 1. The first-order valence-electron chi connectivity index (χ1n) is 14.4. The van der Waals surface area contributed by atoms with E-state index in [1.54, 1.807) is 42.3 Å². The quantitative estimate of drug-likeness (QED) is 0.177. The number of phenolic OH excluding ortho intramolecular Hbond substituents is 1. The van der Waals surface area contributed by atoms with Gasteiger partial charge in [0.15, 0.2) is 0 Å². The minimum absolute atomic E-state index is 0.0558. The number of urea groups is 1. The zero-order valence-electron chi connectivity index (χ0n) is 23.8. The molecule has 1 aliphatic carbocycles. The Morgan fingerprint density at radius 3 is 2.33 bits per heavy atom. The number of nitro benzene ring substituents is 1. The predicted molar refractivity (Wildman–Crippen MR) is 166 cm³/mol. The van der Waals surface area contributed by atoms with E-state index in [0.717, 1.165) is 59.4 Å².